The molecule has 2 N–H and O–H groups in total. The Labute approximate surface area is 61.9 Å². The zero-order chi connectivity index (χ0) is 7.56. The lowest BCUT2D eigenvalue weighted by Crippen LogP contribution is -2.26. The fourth-order valence-electron chi connectivity index (χ4n) is 1.36. The van der Waals surface area contributed by atoms with Crippen molar-refractivity contribution in [2.75, 3.05) is 27.2 Å². The Morgan fingerprint density at radius 1 is 1.70 bits per heavy atom. The van der Waals surface area contributed by atoms with E-state index in [0.29, 0.717) is 5.92 Å². The minimum Gasteiger partial charge on any atom is -0.387 e. The zero-order valence-electron chi connectivity index (χ0n) is 6.67. The normalized spacial score (nSPS) is 29.4. The van der Waals surface area contributed by atoms with E-state index in [9.17, 15) is 0 Å². The van der Waals surface area contributed by atoms with Crippen LogP contribution in [0.3, 0.4) is 0 Å². The number of nitrogens with two attached hydrogens (primary N) is 1. The Bertz CT molecular complexity index is 142. The van der Waals surface area contributed by atoms with Gasteiger partial charge in [0.25, 0.3) is 0 Å². The highest BCUT2D eigenvalue weighted by molar-refractivity contribution is 5.83. The monoisotopic (exact) mass is 141 g/mol. The molecule has 1 saturated heterocycles. The quantitative estimate of drug-likeness (QED) is 0.410. The Hall–Kier alpha value is -0.570. The van der Waals surface area contributed by atoms with Crippen LogP contribution >= 0.6 is 0 Å². The average molecular weight is 141 g/mol. The van der Waals surface area contributed by atoms with Gasteiger partial charge >= 0.3 is 0 Å². The second-order valence-electron chi connectivity index (χ2n) is 2.90. The Morgan fingerprint density at radius 2 is 2.40 bits per heavy atom. The molecule has 0 aromatic carbocycles. The molecule has 0 aliphatic carbocycles. The van der Waals surface area contributed by atoms with Crippen LogP contribution in [0.5, 0.6) is 0 Å². The molecule has 0 bridgehead atoms. The SMILES string of the molecule is CN=C(N)C1CCN(C)C1. The van der Waals surface area contributed by atoms with Gasteiger partial charge in [0.15, 0.2) is 0 Å². The lowest BCUT2D eigenvalue weighted by atomic mass is 10.1. The molecule has 0 radical (unpaired) electrons. The van der Waals surface area contributed by atoms with E-state index >= 15 is 0 Å². The summed E-state index contributed by atoms with van der Waals surface area (Å²) < 4.78 is 0. The van der Waals surface area contributed by atoms with Crippen molar-refractivity contribution in [1.29, 1.82) is 0 Å². The van der Waals surface area contributed by atoms with Crippen molar-refractivity contribution in [2.24, 2.45) is 16.6 Å². The van der Waals surface area contributed by atoms with Crippen molar-refractivity contribution in [3.63, 3.8) is 0 Å². The summed E-state index contributed by atoms with van der Waals surface area (Å²) in [6, 6.07) is 0. The number of nitrogens with zero attached hydrogens (tertiary/aromatic N) is 2. The van der Waals surface area contributed by atoms with Crippen LogP contribution < -0.4 is 5.73 Å². The fourth-order valence-corrected chi connectivity index (χ4v) is 1.36. The number of likely N-dealkylation sites (tertiary alicyclic amines) is 1. The molecule has 1 aliphatic heterocycles. The van der Waals surface area contributed by atoms with Crippen LogP contribution in [0.25, 0.3) is 0 Å². The molecule has 1 atom stereocenters. The predicted molar refractivity (Wildman–Crippen MR) is 43.2 cm³/mol. The van der Waals surface area contributed by atoms with Crippen molar-refractivity contribution < 1.29 is 0 Å². The molecule has 1 unspecified atom stereocenters. The molecule has 0 saturated carbocycles. The number of hydrogen-bond donors (Lipinski definition) is 1. The Balaban J connectivity index is 2.45. The Kier molecular flexibility index (Phi) is 2.27. The van der Waals surface area contributed by atoms with E-state index in [0.717, 1.165) is 18.9 Å². The first kappa shape index (κ1) is 7.54. The summed E-state index contributed by atoms with van der Waals surface area (Å²) in [5.41, 5.74) is 5.66. The van der Waals surface area contributed by atoms with Gasteiger partial charge in [-0.05, 0) is 20.0 Å². The molecule has 1 aliphatic rings. The van der Waals surface area contributed by atoms with Crippen LogP contribution in [-0.4, -0.2) is 37.9 Å². The summed E-state index contributed by atoms with van der Waals surface area (Å²) in [6.45, 7) is 2.23. The highest BCUT2D eigenvalue weighted by atomic mass is 15.1. The molecule has 1 heterocycles. The fraction of sp³-hybridized carbons (Fsp3) is 0.857. The third-order valence-electron chi connectivity index (χ3n) is 2.07. The zero-order valence-corrected chi connectivity index (χ0v) is 6.67. The van der Waals surface area contributed by atoms with Gasteiger partial charge in [0.2, 0.25) is 0 Å². The molecular formula is C7H15N3. The van der Waals surface area contributed by atoms with Gasteiger partial charge in [-0.3, -0.25) is 4.99 Å². The first-order valence-electron chi connectivity index (χ1n) is 3.64. The van der Waals surface area contributed by atoms with E-state index < -0.39 is 0 Å². The van der Waals surface area contributed by atoms with E-state index in [1.165, 1.54) is 6.42 Å². The van der Waals surface area contributed by atoms with Gasteiger partial charge in [-0.25, -0.2) is 0 Å². The van der Waals surface area contributed by atoms with Crippen LogP contribution in [0.1, 0.15) is 6.42 Å². The summed E-state index contributed by atoms with van der Waals surface area (Å²) in [7, 11) is 3.87. The van der Waals surface area contributed by atoms with Crippen LogP contribution in [0.2, 0.25) is 0 Å². The van der Waals surface area contributed by atoms with Gasteiger partial charge < -0.3 is 10.6 Å². The van der Waals surface area contributed by atoms with E-state index in [1.807, 2.05) is 0 Å². The molecule has 3 heteroatoms. The molecule has 0 aromatic heterocycles. The minimum atomic E-state index is 0.509. The van der Waals surface area contributed by atoms with Crippen LogP contribution in [0, 0.1) is 5.92 Å². The van der Waals surface area contributed by atoms with E-state index in [1.54, 1.807) is 7.05 Å². The van der Waals surface area contributed by atoms with Crippen molar-refractivity contribution in [3.05, 3.63) is 0 Å². The molecular weight excluding hydrogens is 126 g/mol. The predicted octanol–water partition coefficient (Wildman–Crippen LogP) is -0.0749. The summed E-state index contributed by atoms with van der Waals surface area (Å²) in [6.07, 6.45) is 1.17. The maximum atomic E-state index is 5.66. The first-order valence-corrected chi connectivity index (χ1v) is 3.64. The topological polar surface area (TPSA) is 41.6 Å². The summed E-state index contributed by atoms with van der Waals surface area (Å²) in [5, 5.41) is 0. The van der Waals surface area contributed by atoms with E-state index in [-0.39, 0.29) is 0 Å². The number of rotatable bonds is 1. The van der Waals surface area contributed by atoms with E-state index in [4.69, 9.17) is 5.73 Å². The van der Waals surface area contributed by atoms with Gasteiger partial charge in [-0.15, -0.1) is 0 Å². The lowest BCUT2D eigenvalue weighted by Gasteiger charge is -2.08. The minimum absolute atomic E-state index is 0.509. The standard InChI is InChI=1S/C7H15N3/c1-9-7(8)6-3-4-10(2)5-6/h6H,3-5H2,1-2H3,(H2,8,9). The van der Waals surface area contributed by atoms with Gasteiger partial charge in [0, 0.05) is 19.5 Å². The molecule has 10 heavy (non-hydrogen) atoms. The van der Waals surface area contributed by atoms with E-state index in [2.05, 4.69) is 16.9 Å². The molecule has 0 amide bonds. The molecule has 1 rings (SSSR count). The third-order valence-corrected chi connectivity index (χ3v) is 2.07. The van der Waals surface area contributed by atoms with Gasteiger partial charge in [0.1, 0.15) is 0 Å². The van der Waals surface area contributed by atoms with Crippen LogP contribution in [0.4, 0.5) is 0 Å². The van der Waals surface area contributed by atoms with Crippen molar-refractivity contribution in [2.45, 2.75) is 6.42 Å². The van der Waals surface area contributed by atoms with Crippen LogP contribution in [-0.2, 0) is 0 Å². The van der Waals surface area contributed by atoms with Gasteiger partial charge in [0.05, 0.1) is 5.84 Å². The summed E-state index contributed by atoms with van der Waals surface area (Å²) in [5.74, 6) is 1.32. The van der Waals surface area contributed by atoms with Crippen molar-refractivity contribution >= 4 is 5.84 Å². The Morgan fingerprint density at radius 3 is 2.80 bits per heavy atom. The lowest BCUT2D eigenvalue weighted by molar-refractivity contribution is 0.410. The first-order chi connectivity index (χ1) is 4.74. The molecule has 3 nitrogen and oxygen atoms in total. The number of amidine groups is 1. The van der Waals surface area contributed by atoms with Gasteiger partial charge in [-0.1, -0.05) is 0 Å². The molecule has 1 fully saturated rings. The van der Waals surface area contributed by atoms with Crippen molar-refractivity contribution in [1.82, 2.24) is 4.90 Å². The second-order valence-corrected chi connectivity index (χ2v) is 2.90. The maximum Gasteiger partial charge on any atom is 0.0978 e. The average Bonchev–Trinajstić information content (AvgIpc) is 2.34. The molecule has 0 aromatic rings. The van der Waals surface area contributed by atoms with Crippen molar-refractivity contribution in [3.8, 4) is 0 Å². The van der Waals surface area contributed by atoms with Crippen LogP contribution in [0.15, 0.2) is 4.99 Å². The second kappa shape index (κ2) is 3.01. The number of hydrogen-bond acceptors (Lipinski definition) is 2. The number of aliphatic imine (C=N–C) groups is 1. The third kappa shape index (κ3) is 1.48. The molecule has 58 valence electrons. The highest BCUT2D eigenvalue weighted by Gasteiger charge is 2.21. The smallest absolute Gasteiger partial charge is 0.0978 e. The molecule has 0 spiro atoms. The summed E-state index contributed by atoms with van der Waals surface area (Å²) in [4.78, 5) is 6.25. The maximum absolute atomic E-state index is 5.66. The summed E-state index contributed by atoms with van der Waals surface area (Å²) >= 11 is 0. The highest BCUT2D eigenvalue weighted by Crippen LogP contribution is 2.13. The largest absolute Gasteiger partial charge is 0.387 e. The van der Waals surface area contributed by atoms with Gasteiger partial charge in [-0.2, -0.15) is 0 Å².